The zero-order valence-corrected chi connectivity index (χ0v) is 17.5. The Labute approximate surface area is 184 Å². The van der Waals surface area contributed by atoms with E-state index in [1.807, 2.05) is 30.3 Å². The van der Waals surface area contributed by atoms with E-state index in [-0.39, 0.29) is 18.6 Å². The van der Waals surface area contributed by atoms with Gasteiger partial charge in [0.15, 0.2) is 17.3 Å². The number of aromatic nitrogens is 2. The molecule has 2 aromatic carbocycles. The largest absolute Gasteiger partial charge is 0.454 e. The van der Waals surface area contributed by atoms with Crippen LogP contribution in [0.15, 0.2) is 48.5 Å². The zero-order valence-electron chi connectivity index (χ0n) is 17.5. The molecule has 2 aliphatic heterocycles. The van der Waals surface area contributed by atoms with Crippen LogP contribution < -0.4 is 19.7 Å². The minimum Gasteiger partial charge on any atom is -0.454 e. The molecule has 1 saturated heterocycles. The van der Waals surface area contributed by atoms with Crippen LogP contribution in [0.1, 0.15) is 5.56 Å². The number of rotatable bonds is 3. The molecular formula is C23H22FN5O3. The molecule has 0 atom stereocenters. The quantitative estimate of drug-likeness (QED) is 0.676. The van der Waals surface area contributed by atoms with E-state index >= 15 is 0 Å². The van der Waals surface area contributed by atoms with Gasteiger partial charge in [0.05, 0.1) is 5.69 Å². The first kappa shape index (κ1) is 20.0. The Morgan fingerprint density at radius 2 is 1.78 bits per heavy atom. The lowest BCUT2D eigenvalue weighted by Gasteiger charge is -2.35. The Hall–Kier alpha value is -3.88. The highest BCUT2D eigenvalue weighted by atomic mass is 19.1. The van der Waals surface area contributed by atoms with Crippen molar-refractivity contribution in [3.05, 3.63) is 59.9 Å². The normalized spacial score (nSPS) is 15.1. The first-order valence-corrected chi connectivity index (χ1v) is 10.4. The highest BCUT2D eigenvalue weighted by molar-refractivity contribution is 5.89. The van der Waals surface area contributed by atoms with Gasteiger partial charge in [-0.2, -0.15) is 0 Å². The van der Waals surface area contributed by atoms with Crippen LogP contribution in [-0.4, -0.2) is 54.1 Å². The topological polar surface area (TPSA) is 79.8 Å². The summed E-state index contributed by atoms with van der Waals surface area (Å²) in [7, 11) is 0. The van der Waals surface area contributed by atoms with Gasteiger partial charge in [-0.25, -0.2) is 9.18 Å². The van der Waals surface area contributed by atoms with Crippen molar-refractivity contribution in [1.82, 2.24) is 15.1 Å². The highest BCUT2D eigenvalue weighted by Crippen LogP contribution is 2.35. The van der Waals surface area contributed by atoms with Gasteiger partial charge in [0, 0.05) is 37.4 Å². The summed E-state index contributed by atoms with van der Waals surface area (Å²) in [6.07, 6.45) is 0. The third-order valence-corrected chi connectivity index (χ3v) is 5.63. The van der Waals surface area contributed by atoms with Crippen LogP contribution in [0.25, 0.3) is 11.3 Å². The number of halogens is 1. The number of benzene rings is 2. The van der Waals surface area contributed by atoms with E-state index < -0.39 is 0 Å². The monoisotopic (exact) mass is 435 g/mol. The maximum Gasteiger partial charge on any atom is 0.321 e. The van der Waals surface area contributed by atoms with Crippen molar-refractivity contribution >= 4 is 17.5 Å². The Kier molecular flexibility index (Phi) is 5.22. The molecule has 164 valence electrons. The molecule has 1 fully saturated rings. The van der Waals surface area contributed by atoms with Crippen molar-refractivity contribution in [2.45, 2.75) is 6.92 Å². The number of anilines is 2. The van der Waals surface area contributed by atoms with Crippen molar-refractivity contribution < 1.29 is 18.7 Å². The predicted molar refractivity (Wildman–Crippen MR) is 118 cm³/mol. The third-order valence-electron chi connectivity index (χ3n) is 5.63. The molecule has 0 radical (unpaired) electrons. The van der Waals surface area contributed by atoms with E-state index in [9.17, 15) is 9.18 Å². The van der Waals surface area contributed by atoms with Gasteiger partial charge >= 0.3 is 6.03 Å². The van der Waals surface area contributed by atoms with Crippen molar-refractivity contribution in [3.8, 4) is 22.8 Å². The number of carbonyl (C=O) groups is 1. The van der Waals surface area contributed by atoms with Gasteiger partial charge in [0.2, 0.25) is 6.79 Å². The summed E-state index contributed by atoms with van der Waals surface area (Å²) in [5.74, 6) is 1.86. The lowest BCUT2D eigenvalue weighted by molar-refractivity contribution is 0.174. The van der Waals surface area contributed by atoms with Crippen molar-refractivity contribution in [1.29, 1.82) is 0 Å². The van der Waals surface area contributed by atoms with Crippen molar-refractivity contribution in [3.63, 3.8) is 0 Å². The SMILES string of the molecule is Cc1ccc(NC(=O)N2CCN(c3ccc(-c4ccc5c(c4)OCO5)nn3)CC2)cc1F. The molecule has 0 aliphatic carbocycles. The molecule has 9 heteroatoms. The van der Waals surface area contributed by atoms with Crippen LogP contribution in [-0.2, 0) is 0 Å². The second-order valence-corrected chi connectivity index (χ2v) is 7.71. The van der Waals surface area contributed by atoms with E-state index in [1.165, 1.54) is 6.07 Å². The minimum absolute atomic E-state index is 0.231. The number of ether oxygens (including phenoxy) is 2. The first-order chi connectivity index (χ1) is 15.6. The number of hydrogen-bond acceptors (Lipinski definition) is 6. The molecule has 0 saturated carbocycles. The number of hydrogen-bond donors (Lipinski definition) is 1. The van der Waals surface area contributed by atoms with Gasteiger partial charge in [-0.1, -0.05) is 6.07 Å². The van der Waals surface area contributed by atoms with Crippen molar-refractivity contribution in [2.24, 2.45) is 0 Å². The molecule has 1 N–H and O–H groups in total. The van der Waals surface area contributed by atoms with Gasteiger partial charge in [-0.05, 0) is 55.0 Å². The summed E-state index contributed by atoms with van der Waals surface area (Å²) in [6, 6.07) is 14.0. The van der Waals surface area contributed by atoms with Crippen LogP contribution >= 0.6 is 0 Å². The number of fused-ring (bicyclic) bond motifs is 1. The Balaban J connectivity index is 1.19. The molecule has 2 aliphatic rings. The summed E-state index contributed by atoms with van der Waals surface area (Å²) in [5.41, 5.74) is 2.64. The smallest absolute Gasteiger partial charge is 0.321 e. The third kappa shape index (κ3) is 4.01. The fourth-order valence-corrected chi connectivity index (χ4v) is 3.72. The average molecular weight is 435 g/mol. The lowest BCUT2D eigenvalue weighted by atomic mass is 10.1. The van der Waals surface area contributed by atoms with E-state index in [0.717, 1.165) is 22.8 Å². The molecule has 1 aromatic heterocycles. The lowest BCUT2D eigenvalue weighted by Crippen LogP contribution is -2.50. The molecule has 5 rings (SSSR count). The number of urea groups is 1. The van der Waals surface area contributed by atoms with Gasteiger partial charge in [0.1, 0.15) is 5.82 Å². The number of nitrogens with zero attached hydrogens (tertiary/aromatic N) is 4. The Bertz CT molecular complexity index is 1150. The number of piperazine rings is 1. The van der Waals surface area contributed by atoms with Gasteiger partial charge in [-0.3, -0.25) is 0 Å². The second kappa shape index (κ2) is 8.33. The number of aryl methyl sites for hydroxylation is 1. The fraction of sp³-hybridized carbons (Fsp3) is 0.261. The summed E-state index contributed by atoms with van der Waals surface area (Å²) in [6.45, 7) is 4.25. The number of nitrogens with one attached hydrogen (secondary N) is 1. The fourth-order valence-electron chi connectivity index (χ4n) is 3.72. The standard InChI is InChI=1S/C23H22FN5O3/c1-15-2-4-17(13-18(15)24)25-23(30)29-10-8-28(9-11-29)22-7-5-19(26-27-22)16-3-6-20-21(12-16)32-14-31-20/h2-7,12-13H,8-11,14H2,1H3,(H,25,30). The Morgan fingerprint density at radius 3 is 2.53 bits per heavy atom. The summed E-state index contributed by atoms with van der Waals surface area (Å²) >= 11 is 0. The van der Waals surface area contributed by atoms with E-state index in [1.54, 1.807) is 24.0 Å². The molecule has 2 amide bonds. The molecule has 32 heavy (non-hydrogen) atoms. The number of carbonyl (C=O) groups excluding carboxylic acids is 1. The van der Waals surface area contributed by atoms with Gasteiger partial charge < -0.3 is 24.6 Å². The maximum absolute atomic E-state index is 13.7. The molecule has 0 bridgehead atoms. The molecule has 3 aromatic rings. The van der Waals surface area contributed by atoms with Crippen LogP contribution in [0.3, 0.4) is 0 Å². The van der Waals surface area contributed by atoms with E-state index in [0.29, 0.717) is 43.2 Å². The summed E-state index contributed by atoms with van der Waals surface area (Å²) in [4.78, 5) is 16.3. The van der Waals surface area contributed by atoms with Crippen LogP contribution in [0.5, 0.6) is 11.5 Å². The molecule has 0 spiro atoms. The highest BCUT2D eigenvalue weighted by Gasteiger charge is 2.23. The molecule has 0 unspecified atom stereocenters. The average Bonchev–Trinajstić information content (AvgIpc) is 3.30. The van der Waals surface area contributed by atoms with Crippen LogP contribution in [0, 0.1) is 12.7 Å². The first-order valence-electron chi connectivity index (χ1n) is 10.4. The number of amides is 2. The van der Waals surface area contributed by atoms with Crippen molar-refractivity contribution in [2.75, 3.05) is 43.2 Å². The molecule has 8 nitrogen and oxygen atoms in total. The summed E-state index contributed by atoms with van der Waals surface area (Å²) in [5, 5.41) is 11.5. The molecule has 3 heterocycles. The van der Waals surface area contributed by atoms with Crippen LogP contribution in [0.4, 0.5) is 20.7 Å². The summed E-state index contributed by atoms with van der Waals surface area (Å²) < 4.78 is 24.5. The second-order valence-electron chi connectivity index (χ2n) is 7.71. The Morgan fingerprint density at radius 1 is 0.969 bits per heavy atom. The van der Waals surface area contributed by atoms with Gasteiger partial charge in [-0.15, -0.1) is 10.2 Å². The van der Waals surface area contributed by atoms with Gasteiger partial charge in [0.25, 0.3) is 0 Å². The molecular weight excluding hydrogens is 413 g/mol. The minimum atomic E-state index is -0.338. The van der Waals surface area contributed by atoms with E-state index in [2.05, 4.69) is 20.4 Å². The van der Waals surface area contributed by atoms with Crippen LogP contribution in [0.2, 0.25) is 0 Å². The zero-order chi connectivity index (χ0) is 22.1. The maximum atomic E-state index is 13.7. The predicted octanol–water partition coefficient (Wildman–Crippen LogP) is 3.67. The van der Waals surface area contributed by atoms with E-state index in [4.69, 9.17) is 9.47 Å².